The number of rotatable bonds is 4. The predicted molar refractivity (Wildman–Crippen MR) is 121 cm³/mol. The first-order valence-electron chi connectivity index (χ1n) is 11.0. The first kappa shape index (κ1) is 24.4. The van der Waals surface area contributed by atoms with E-state index in [1.165, 1.54) is 6.07 Å². The first-order valence-corrected chi connectivity index (χ1v) is 11.0. The average molecular weight is 460 g/mol. The Morgan fingerprint density at radius 1 is 0.909 bits per heavy atom. The van der Waals surface area contributed by atoms with Crippen molar-refractivity contribution in [2.75, 3.05) is 18.0 Å². The fourth-order valence-corrected chi connectivity index (χ4v) is 3.46. The summed E-state index contributed by atoms with van der Waals surface area (Å²) in [5.74, 6) is 1.87. The Balaban J connectivity index is 0.00000149. The Morgan fingerprint density at radius 2 is 1.64 bits per heavy atom. The van der Waals surface area contributed by atoms with Gasteiger partial charge < -0.3 is 9.64 Å². The monoisotopic (exact) mass is 459 g/mol. The van der Waals surface area contributed by atoms with Gasteiger partial charge in [0.1, 0.15) is 23.4 Å². The third-order valence-corrected chi connectivity index (χ3v) is 5.11. The first-order chi connectivity index (χ1) is 15.8. The lowest BCUT2D eigenvalue weighted by Crippen LogP contribution is -2.38. The topological polar surface area (TPSA) is 64.0 Å². The number of hydrogen-bond acceptors (Lipinski definition) is 6. The summed E-state index contributed by atoms with van der Waals surface area (Å²) in [6.07, 6.45) is 0.180. The Kier molecular flexibility index (Phi) is 7.84. The Labute approximate surface area is 191 Å². The lowest BCUT2D eigenvalue weighted by molar-refractivity contribution is -0.141. The molecule has 3 aromatic heterocycles. The molecular weight excluding hydrogens is 431 g/mol. The van der Waals surface area contributed by atoms with Crippen LogP contribution in [0.4, 0.5) is 19.0 Å². The minimum atomic E-state index is -4.47. The van der Waals surface area contributed by atoms with E-state index < -0.39 is 11.9 Å². The molecule has 1 aliphatic rings. The average Bonchev–Trinajstić information content (AvgIpc) is 2.81. The van der Waals surface area contributed by atoms with Gasteiger partial charge in [-0.15, -0.1) is 0 Å². The summed E-state index contributed by atoms with van der Waals surface area (Å²) in [6.45, 7) is 9.28. The Hall–Kier alpha value is -3.23. The number of halogens is 3. The third-order valence-electron chi connectivity index (χ3n) is 5.11. The molecule has 0 saturated carbocycles. The zero-order valence-electron chi connectivity index (χ0n) is 19.2. The molecule has 0 unspecified atom stereocenters. The van der Waals surface area contributed by atoms with Gasteiger partial charge in [-0.3, -0.25) is 9.97 Å². The van der Waals surface area contributed by atoms with Gasteiger partial charge in [0.15, 0.2) is 5.82 Å². The van der Waals surface area contributed by atoms with Gasteiger partial charge in [0.05, 0.1) is 6.20 Å². The molecule has 4 rings (SSSR count). The van der Waals surface area contributed by atoms with Gasteiger partial charge in [-0.25, -0.2) is 9.97 Å². The van der Waals surface area contributed by atoms with Crippen LogP contribution in [0.1, 0.15) is 43.8 Å². The van der Waals surface area contributed by atoms with Crippen molar-refractivity contribution in [2.45, 2.75) is 52.8 Å². The molecule has 1 aliphatic heterocycles. The quantitative estimate of drug-likeness (QED) is 0.503. The van der Waals surface area contributed by atoms with Crippen LogP contribution in [0.5, 0.6) is 5.75 Å². The molecule has 4 heterocycles. The number of alkyl halides is 3. The SMILES string of the molecule is CC.Cc1ccc(OC2CCN(c3cc(C)nc(-c4ccc(C(F)(F)F)nc4)n3)CC2)cn1. The van der Waals surface area contributed by atoms with E-state index >= 15 is 0 Å². The maximum atomic E-state index is 12.8. The number of anilines is 1. The van der Waals surface area contributed by atoms with Crippen LogP contribution in [0.15, 0.2) is 42.7 Å². The number of pyridine rings is 2. The molecule has 0 spiro atoms. The second-order valence-electron chi connectivity index (χ2n) is 7.56. The molecule has 1 fully saturated rings. The molecule has 176 valence electrons. The molecule has 0 aromatic carbocycles. The van der Waals surface area contributed by atoms with Crippen molar-refractivity contribution in [3.63, 3.8) is 0 Å². The molecular formula is C24H28F3N5O. The van der Waals surface area contributed by atoms with E-state index in [-0.39, 0.29) is 6.10 Å². The molecule has 3 aromatic rings. The molecule has 0 N–H and O–H groups in total. The molecule has 0 radical (unpaired) electrons. The van der Waals surface area contributed by atoms with Gasteiger partial charge in [0.2, 0.25) is 0 Å². The number of aryl methyl sites for hydroxylation is 2. The van der Waals surface area contributed by atoms with Crippen LogP contribution in [0, 0.1) is 13.8 Å². The highest BCUT2D eigenvalue weighted by Gasteiger charge is 2.32. The summed E-state index contributed by atoms with van der Waals surface area (Å²) in [5, 5.41) is 0. The second-order valence-corrected chi connectivity index (χ2v) is 7.56. The molecule has 0 bridgehead atoms. The minimum Gasteiger partial charge on any atom is -0.489 e. The molecule has 0 aliphatic carbocycles. The van der Waals surface area contributed by atoms with Crippen LogP contribution in [-0.4, -0.2) is 39.1 Å². The highest BCUT2D eigenvalue weighted by Crippen LogP contribution is 2.29. The third kappa shape index (κ3) is 6.40. The van der Waals surface area contributed by atoms with Crippen LogP contribution < -0.4 is 9.64 Å². The van der Waals surface area contributed by atoms with E-state index in [4.69, 9.17) is 4.74 Å². The summed E-state index contributed by atoms with van der Waals surface area (Å²) in [4.78, 5) is 18.9. The van der Waals surface area contributed by atoms with Gasteiger partial charge in [0, 0.05) is 55.1 Å². The highest BCUT2D eigenvalue weighted by molar-refractivity contribution is 5.57. The smallest absolute Gasteiger partial charge is 0.433 e. The zero-order valence-corrected chi connectivity index (χ0v) is 19.2. The van der Waals surface area contributed by atoms with E-state index in [1.54, 1.807) is 6.20 Å². The van der Waals surface area contributed by atoms with Crippen molar-refractivity contribution in [2.24, 2.45) is 0 Å². The van der Waals surface area contributed by atoms with E-state index in [1.807, 2.05) is 45.9 Å². The van der Waals surface area contributed by atoms with Crippen LogP contribution >= 0.6 is 0 Å². The number of piperidine rings is 1. The van der Waals surface area contributed by atoms with Gasteiger partial charge >= 0.3 is 6.18 Å². The lowest BCUT2D eigenvalue weighted by atomic mass is 10.1. The summed E-state index contributed by atoms with van der Waals surface area (Å²) in [7, 11) is 0. The molecule has 33 heavy (non-hydrogen) atoms. The standard InChI is InChI=1S/C22H22F3N5O.C2H6/c1-14-3-5-18(13-26-14)31-17-7-9-30(10-8-17)20-11-15(2)28-21(29-20)16-4-6-19(27-12-16)22(23,24)25;1-2/h3-6,11-13,17H,7-10H2,1-2H3;1-2H3. The van der Waals surface area contributed by atoms with Gasteiger partial charge in [-0.1, -0.05) is 13.8 Å². The maximum absolute atomic E-state index is 12.8. The lowest BCUT2D eigenvalue weighted by Gasteiger charge is -2.33. The number of ether oxygens (including phenoxy) is 1. The van der Waals surface area contributed by atoms with Crippen LogP contribution in [-0.2, 0) is 6.18 Å². The number of aromatic nitrogens is 4. The van der Waals surface area contributed by atoms with Crippen LogP contribution in [0.25, 0.3) is 11.4 Å². The highest BCUT2D eigenvalue weighted by atomic mass is 19.4. The van der Waals surface area contributed by atoms with E-state index in [0.29, 0.717) is 11.4 Å². The minimum absolute atomic E-state index is 0.0993. The van der Waals surface area contributed by atoms with Crippen LogP contribution in [0.2, 0.25) is 0 Å². The van der Waals surface area contributed by atoms with Crippen molar-refractivity contribution >= 4 is 5.82 Å². The summed E-state index contributed by atoms with van der Waals surface area (Å²) >= 11 is 0. The molecule has 0 amide bonds. The van der Waals surface area contributed by atoms with E-state index in [0.717, 1.165) is 61.1 Å². The molecule has 1 saturated heterocycles. The van der Waals surface area contributed by atoms with Gasteiger partial charge in [-0.2, -0.15) is 13.2 Å². The normalized spacial score (nSPS) is 14.5. The van der Waals surface area contributed by atoms with E-state index in [2.05, 4.69) is 24.8 Å². The molecule has 9 heteroatoms. The summed E-state index contributed by atoms with van der Waals surface area (Å²) in [6, 6.07) is 8.03. The Bertz CT molecular complexity index is 1030. The van der Waals surface area contributed by atoms with Crippen molar-refractivity contribution in [3.05, 3.63) is 59.8 Å². The van der Waals surface area contributed by atoms with Gasteiger partial charge in [-0.05, 0) is 38.1 Å². The summed E-state index contributed by atoms with van der Waals surface area (Å²) < 4.78 is 44.3. The zero-order chi connectivity index (χ0) is 24.0. The van der Waals surface area contributed by atoms with Crippen molar-refractivity contribution in [1.29, 1.82) is 0 Å². The van der Waals surface area contributed by atoms with Crippen molar-refractivity contribution in [3.8, 4) is 17.1 Å². The predicted octanol–water partition coefficient (Wildman–Crippen LogP) is 5.64. The fourth-order valence-electron chi connectivity index (χ4n) is 3.46. The molecule has 6 nitrogen and oxygen atoms in total. The largest absolute Gasteiger partial charge is 0.489 e. The number of nitrogens with zero attached hydrogens (tertiary/aromatic N) is 5. The van der Waals surface area contributed by atoms with Crippen LogP contribution in [0.3, 0.4) is 0 Å². The molecule has 0 atom stereocenters. The second kappa shape index (κ2) is 10.6. The summed E-state index contributed by atoms with van der Waals surface area (Å²) in [5.41, 5.74) is 1.20. The van der Waals surface area contributed by atoms with E-state index in [9.17, 15) is 13.2 Å². The maximum Gasteiger partial charge on any atom is 0.433 e. The Morgan fingerprint density at radius 3 is 2.21 bits per heavy atom. The fraction of sp³-hybridized carbons (Fsp3) is 0.417. The number of hydrogen-bond donors (Lipinski definition) is 0. The van der Waals surface area contributed by atoms with Crippen molar-refractivity contribution < 1.29 is 17.9 Å². The van der Waals surface area contributed by atoms with Gasteiger partial charge in [0.25, 0.3) is 0 Å². The van der Waals surface area contributed by atoms with Crippen molar-refractivity contribution in [1.82, 2.24) is 19.9 Å².